The Bertz CT molecular complexity index is 427. The van der Waals surface area contributed by atoms with Gasteiger partial charge in [-0.2, -0.15) is 4.73 Å². The normalized spacial score (nSPS) is 12.2. The summed E-state index contributed by atoms with van der Waals surface area (Å²) in [4.78, 5) is 22.6. The van der Waals surface area contributed by atoms with Gasteiger partial charge in [0.1, 0.15) is 0 Å². The van der Waals surface area contributed by atoms with Crippen molar-refractivity contribution in [1.82, 2.24) is 0 Å². The molecule has 6 nitrogen and oxygen atoms in total. The molecule has 0 unspecified atom stereocenters. The number of esters is 1. The minimum atomic E-state index is -1.17. The SMILES string of the molecule is CC(C)C[C@@H](OC(=O)c1cc[n+]([O-])cc1)C(=O)O. The Labute approximate surface area is 104 Å². The average Bonchev–Trinajstić information content (AvgIpc) is 2.28. The zero-order valence-corrected chi connectivity index (χ0v) is 10.2. The fourth-order valence-corrected chi connectivity index (χ4v) is 1.37. The molecule has 0 aliphatic heterocycles. The van der Waals surface area contributed by atoms with Gasteiger partial charge in [0.15, 0.2) is 18.5 Å². The summed E-state index contributed by atoms with van der Waals surface area (Å²) in [5.41, 5.74) is 0.150. The summed E-state index contributed by atoms with van der Waals surface area (Å²) in [6.07, 6.45) is 1.37. The van der Waals surface area contributed by atoms with Crippen LogP contribution < -0.4 is 4.73 Å². The Balaban J connectivity index is 2.72. The van der Waals surface area contributed by atoms with E-state index >= 15 is 0 Å². The van der Waals surface area contributed by atoms with Crippen LogP contribution >= 0.6 is 0 Å². The lowest BCUT2D eigenvalue weighted by Crippen LogP contribution is -2.29. The van der Waals surface area contributed by atoms with Gasteiger partial charge >= 0.3 is 11.9 Å². The number of hydrogen-bond donors (Lipinski definition) is 1. The molecule has 1 N–H and O–H groups in total. The Hall–Kier alpha value is -2.11. The number of carbonyl (C=O) groups is 2. The van der Waals surface area contributed by atoms with Gasteiger partial charge in [-0.3, -0.25) is 0 Å². The summed E-state index contributed by atoms with van der Waals surface area (Å²) in [6, 6.07) is 2.56. The van der Waals surface area contributed by atoms with Gasteiger partial charge in [-0.05, 0) is 12.3 Å². The predicted octanol–water partition coefficient (Wildman–Crippen LogP) is 0.976. The molecule has 0 radical (unpaired) electrons. The highest BCUT2D eigenvalue weighted by Gasteiger charge is 2.24. The molecular formula is C12H15NO5. The first-order chi connectivity index (χ1) is 8.40. The van der Waals surface area contributed by atoms with Crippen LogP contribution in [0.1, 0.15) is 30.6 Å². The second kappa shape index (κ2) is 6.00. The maximum absolute atomic E-state index is 11.7. The van der Waals surface area contributed by atoms with Crippen molar-refractivity contribution < 1.29 is 24.2 Å². The number of rotatable bonds is 5. The van der Waals surface area contributed by atoms with Crippen molar-refractivity contribution in [2.75, 3.05) is 0 Å². The van der Waals surface area contributed by atoms with Gasteiger partial charge in [-0.1, -0.05) is 13.8 Å². The zero-order valence-electron chi connectivity index (χ0n) is 10.2. The molecule has 0 aliphatic rings. The van der Waals surface area contributed by atoms with Crippen LogP contribution in [0, 0.1) is 11.1 Å². The first-order valence-electron chi connectivity index (χ1n) is 5.52. The number of carboxylic acids is 1. The highest BCUT2D eigenvalue weighted by molar-refractivity contribution is 5.90. The molecule has 0 saturated heterocycles. The molecule has 0 bridgehead atoms. The van der Waals surface area contributed by atoms with Gasteiger partial charge in [0, 0.05) is 12.1 Å². The molecule has 1 aromatic rings. The summed E-state index contributed by atoms with van der Waals surface area (Å²) in [5, 5.41) is 19.7. The van der Waals surface area contributed by atoms with E-state index in [2.05, 4.69) is 0 Å². The van der Waals surface area contributed by atoms with Gasteiger partial charge < -0.3 is 15.1 Å². The third-order valence-corrected chi connectivity index (χ3v) is 2.25. The number of nitrogens with zero attached hydrogens (tertiary/aromatic N) is 1. The molecule has 18 heavy (non-hydrogen) atoms. The molecule has 0 aromatic carbocycles. The van der Waals surface area contributed by atoms with Crippen LogP contribution in [0.5, 0.6) is 0 Å². The van der Waals surface area contributed by atoms with E-state index in [1.54, 1.807) is 0 Å². The number of ether oxygens (including phenoxy) is 1. The van der Waals surface area contributed by atoms with Crippen LogP contribution in [0.25, 0.3) is 0 Å². The molecule has 0 amide bonds. The van der Waals surface area contributed by atoms with Crippen molar-refractivity contribution in [1.29, 1.82) is 0 Å². The fraction of sp³-hybridized carbons (Fsp3) is 0.417. The Kier molecular flexibility index (Phi) is 4.65. The standard InChI is InChI=1S/C12H15NO5/c1-8(2)7-10(11(14)15)18-12(16)9-3-5-13(17)6-4-9/h3-6,8,10H,7H2,1-2H3,(H,14,15)/t10-/m1/s1. The monoisotopic (exact) mass is 253 g/mol. The number of aromatic nitrogens is 1. The van der Waals surface area contributed by atoms with Crippen LogP contribution in [-0.4, -0.2) is 23.1 Å². The lowest BCUT2D eigenvalue weighted by molar-refractivity contribution is -0.605. The van der Waals surface area contributed by atoms with Crippen LogP contribution in [0.15, 0.2) is 24.5 Å². The van der Waals surface area contributed by atoms with Crippen molar-refractivity contribution in [3.05, 3.63) is 35.3 Å². The quantitative estimate of drug-likeness (QED) is 0.480. The minimum Gasteiger partial charge on any atom is -0.619 e. The molecule has 1 rings (SSSR count). The summed E-state index contributed by atoms with van der Waals surface area (Å²) < 4.78 is 5.43. The fourth-order valence-electron chi connectivity index (χ4n) is 1.37. The molecule has 1 aromatic heterocycles. The number of aliphatic carboxylic acids is 1. The van der Waals surface area contributed by atoms with E-state index in [0.717, 1.165) is 12.4 Å². The molecule has 98 valence electrons. The smallest absolute Gasteiger partial charge is 0.345 e. The van der Waals surface area contributed by atoms with E-state index in [9.17, 15) is 14.8 Å². The van der Waals surface area contributed by atoms with Gasteiger partial charge in [-0.25, -0.2) is 9.59 Å². The van der Waals surface area contributed by atoms with Gasteiger partial charge in [-0.15, -0.1) is 0 Å². The first-order valence-corrected chi connectivity index (χ1v) is 5.52. The van der Waals surface area contributed by atoms with Crippen LogP contribution in [0.4, 0.5) is 0 Å². The minimum absolute atomic E-state index is 0.0958. The summed E-state index contributed by atoms with van der Waals surface area (Å²) in [6.45, 7) is 3.68. The van der Waals surface area contributed by atoms with Gasteiger partial charge in [0.2, 0.25) is 0 Å². The Morgan fingerprint density at radius 2 is 1.94 bits per heavy atom. The van der Waals surface area contributed by atoms with Crippen molar-refractivity contribution >= 4 is 11.9 Å². The maximum Gasteiger partial charge on any atom is 0.345 e. The zero-order chi connectivity index (χ0) is 13.7. The molecule has 6 heteroatoms. The lowest BCUT2D eigenvalue weighted by Gasteiger charge is -2.15. The van der Waals surface area contributed by atoms with Crippen molar-refractivity contribution in [3.8, 4) is 0 Å². The molecular weight excluding hydrogens is 238 g/mol. The molecule has 1 heterocycles. The molecule has 1 atom stereocenters. The molecule has 0 fully saturated rings. The maximum atomic E-state index is 11.7. The Morgan fingerprint density at radius 1 is 1.39 bits per heavy atom. The van der Waals surface area contributed by atoms with Crippen molar-refractivity contribution in [2.45, 2.75) is 26.4 Å². The second-order valence-electron chi connectivity index (χ2n) is 4.31. The first kappa shape index (κ1) is 14.0. The summed E-state index contributed by atoms with van der Waals surface area (Å²) in [7, 11) is 0. The van der Waals surface area contributed by atoms with Crippen LogP contribution in [0.3, 0.4) is 0 Å². The lowest BCUT2D eigenvalue weighted by atomic mass is 10.1. The highest BCUT2D eigenvalue weighted by atomic mass is 16.6. The highest BCUT2D eigenvalue weighted by Crippen LogP contribution is 2.11. The summed E-state index contributed by atoms with van der Waals surface area (Å²) >= 11 is 0. The number of carboxylic acid groups (broad SMARTS) is 1. The van der Waals surface area contributed by atoms with Crippen LogP contribution in [-0.2, 0) is 9.53 Å². The van der Waals surface area contributed by atoms with E-state index < -0.39 is 18.0 Å². The molecule has 0 aliphatic carbocycles. The summed E-state index contributed by atoms with van der Waals surface area (Å²) in [5.74, 6) is -1.83. The van der Waals surface area contributed by atoms with Gasteiger partial charge in [0.25, 0.3) is 0 Å². The van der Waals surface area contributed by atoms with Crippen LogP contribution in [0.2, 0.25) is 0 Å². The second-order valence-corrected chi connectivity index (χ2v) is 4.31. The van der Waals surface area contributed by atoms with E-state index in [1.165, 1.54) is 12.1 Å². The van der Waals surface area contributed by atoms with E-state index in [0.29, 0.717) is 4.73 Å². The number of carbonyl (C=O) groups excluding carboxylic acids is 1. The largest absolute Gasteiger partial charge is 0.619 e. The third kappa shape index (κ3) is 4.04. The van der Waals surface area contributed by atoms with Crippen molar-refractivity contribution in [2.24, 2.45) is 5.92 Å². The topological polar surface area (TPSA) is 90.5 Å². The van der Waals surface area contributed by atoms with E-state index in [-0.39, 0.29) is 17.9 Å². The molecule has 0 saturated carbocycles. The Morgan fingerprint density at radius 3 is 2.39 bits per heavy atom. The van der Waals surface area contributed by atoms with E-state index in [4.69, 9.17) is 9.84 Å². The van der Waals surface area contributed by atoms with Crippen molar-refractivity contribution in [3.63, 3.8) is 0 Å². The molecule has 0 spiro atoms. The number of hydrogen-bond acceptors (Lipinski definition) is 4. The van der Waals surface area contributed by atoms with E-state index in [1.807, 2.05) is 13.8 Å². The van der Waals surface area contributed by atoms with Gasteiger partial charge in [0.05, 0.1) is 5.56 Å². The predicted molar refractivity (Wildman–Crippen MR) is 61.7 cm³/mol. The number of pyridine rings is 1. The third-order valence-electron chi connectivity index (χ3n) is 2.25. The average molecular weight is 253 g/mol.